The lowest BCUT2D eigenvalue weighted by molar-refractivity contribution is -0.149. The maximum absolute atomic E-state index is 12.9. The van der Waals surface area contributed by atoms with E-state index in [2.05, 4.69) is 5.32 Å². The molecule has 2 amide bonds. The predicted octanol–water partition coefficient (Wildman–Crippen LogP) is 1.36. The second kappa shape index (κ2) is 7.56. The molecular weight excluding hydrogens is 340 g/mol. The Hall–Kier alpha value is -1.89. The van der Waals surface area contributed by atoms with Gasteiger partial charge in [0.05, 0.1) is 11.5 Å². The van der Waals surface area contributed by atoms with Gasteiger partial charge in [-0.1, -0.05) is 30.3 Å². The normalized spacial score (nSPS) is 19.4. The van der Waals surface area contributed by atoms with Crippen molar-refractivity contribution in [2.45, 2.75) is 39.8 Å². The molecule has 0 aliphatic carbocycles. The Morgan fingerprint density at radius 2 is 1.88 bits per heavy atom. The van der Waals surface area contributed by atoms with Crippen LogP contribution in [0.2, 0.25) is 0 Å². The van der Waals surface area contributed by atoms with E-state index < -0.39 is 27.2 Å². The van der Waals surface area contributed by atoms with E-state index in [-0.39, 0.29) is 17.4 Å². The van der Waals surface area contributed by atoms with E-state index >= 15 is 0 Å². The molecule has 1 aliphatic rings. The third-order valence-corrected chi connectivity index (χ3v) is 6.32. The van der Waals surface area contributed by atoms with Crippen molar-refractivity contribution in [2.24, 2.45) is 5.41 Å². The number of amides is 2. The summed E-state index contributed by atoms with van der Waals surface area (Å²) >= 11 is 0. The minimum absolute atomic E-state index is 0.0511. The van der Waals surface area contributed by atoms with Gasteiger partial charge >= 0.3 is 0 Å². The first kappa shape index (κ1) is 19.4. The van der Waals surface area contributed by atoms with Crippen molar-refractivity contribution in [1.82, 2.24) is 10.2 Å². The van der Waals surface area contributed by atoms with Gasteiger partial charge in [0, 0.05) is 19.1 Å². The monoisotopic (exact) mass is 366 g/mol. The average Bonchev–Trinajstić information content (AvgIpc) is 2.91. The molecule has 0 radical (unpaired) electrons. The number of hydrogen-bond donors (Lipinski definition) is 1. The number of hydrogen-bond acceptors (Lipinski definition) is 4. The largest absolute Gasteiger partial charge is 0.351 e. The molecule has 7 heteroatoms. The molecule has 0 bridgehead atoms. The summed E-state index contributed by atoms with van der Waals surface area (Å²) in [6.45, 7) is 5.97. The van der Waals surface area contributed by atoms with Crippen LogP contribution in [0.5, 0.6) is 0 Å². The van der Waals surface area contributed by atoms with E-state index in [0.717, 1.165) is 5.56 Å². The number of sulfone groups is 1. The van der Waals surface area contributed by atoms with Gasteiger partial charge in [-0.25, -0.2) is 8.42 Å². The second-order valence-corrected chi connectivity index (χ2v) is 9.23. The van der Waals surface area contributed by atoms with Crippen LogP contribution in [0.3, 0.4) is 0 Å². The lowest BCUT2D eigenvalue weighted by Gasteiger charge is -2.31. The fraction of sp³-hybridized carbons (Fsp3) is 0.556. The number of carbonyl (C=O) groups excluding carboxylic acids is 2. The molecule has 1 aromatic rings. The van der Waals surface area contributed by atoms with Gasteiger partial charge in [0.15, 0.2) is 9.84 Å². The molecule has 1 fully saturated rings. The maximum atomic E-state index is 12.9. The fourth-order valence-electron chi connectivity index (χ4n) is 2.90. The third-order valence-electron chi connectivity index (χ3n) is 4.56. The summed E-state index contributed by atoms with van der Waals surface area (Å²) in [7, 11) is -3.08. The molecule has 6 nitrogen and oxygen atoms in total. The summed E-state index contributed by atoms with van der Waals surface area (Å²) in [6, 6.07) is 9.19. The molecule has 1 unspecified atom stereocenters. The zero-order chi connectivity index (χ0) is 18.7. The Labute approximate surface area is 149 Å². The standard InChI is InChI=1S/C18H26N2O4S/c1-4-20(12-14-8-6-5-7-9-14)17(22)18(2,3)16(21)19-15-10-11-25(23,24)13-15/h5-9,15H,4,10-13H2,1-3H3,(H,19,21). The van der Waals surface area contributed by atoms with E-state index in [1.54, 1.807) is 18.7 Å². The van der Waals surface area contributed by atoms with Crippen molar-refractivity contribution in [1.29, 1.82) is 0 Å². The lowest BCUT2D eigenvalue weighted by Crippen LogP contribution is -2.51. The van der Waals surface area contributed by atoms with Crippen molar-refractivity contribution < 1.29 is 18.0 Å². The zero-order valence-electron chi connectivity index (χ0n) is 15.0. The molecule has 0 spiro atoms. The molecule has 1 atom stereocenters. The minimum atomic E-state index is -3.08. The SMILES string of the molecule is CCN(Cc1ccccc1)C(=O)C(C)(C)C(=O)NC1CCS(=O)(=O)C1. The van der Waals surface area contributed by atoms with Gasteiger partial charge in [0.2, 0.25) is 11.8 Å². The third kappa shape index (κ3) is 4.81. The van der Waals surface area contributed by atoms with Crippen molar-refractivity contribution in [2.75, 3.05) is 18.1 Å². The Balaban J connectivity index is 2.05. The van der Waals surface area contributed by atoms with Crippen LogP contribution in [0.25, 0.3) is 0 Å². The average molecular weight is 366 g/mol. The topological polar surface area (TPSA) is 83.6 Å². The number of carbonyl (C=O) groups is 2. The zero-order valence-corrected chi connectivity index (χ0v) is 15.8. The van der Waals surface area contributed by atoms with Crippen LogP contribution < -0.4 is 5.32 Å². The van der Waals surface area contributed by atoms with Crippen molar-refractivity contribution in [3.63, 3.8) is 0 Å². The van der Waals surface area contributed by atoms with Crippen LogP contribution in [-0.2, 0) is 26.0 Å². The first-order valence-corrected chi connectivity index (χ1v) is 10.3. The van der Waals surface area contributed by atoms with Crippen LogP contribution >= 0.6 is 0 Å². The molecule has 1 heterocycles. The first-order chi connectivity index (χ1) is 11.7. The van der Waals surface area contributed by atoms with Crippen LogP contribution in [-0.4, -0.2) is 49.2 Å². The maximum Gasteiger partial charge on any atom is 0.237 e. The summed E-state index contributed by atoms with van der Waals surface area (Å²) in [5.74, 6) is -0.658. The summed E-state index contributed by atoms with van der Waals surface area (Å²) < 4.78 is 23.1. The molecule has 1 aliphatic heterocycles. The van der Waals surface area contributed by atoms with Crippen LogP contribution in [0.1, 0.15) is 32.8 Å². The summed E-state index contributed by atoms with van der Waals surface area (Å²) in [6.07, 6.45) is 0.403. The summed E-state index contributed by atoms with van der Waals surface area (Å²) in [5, 5.41) is 2.73. The van der Waals surface area contributed by atoms with Gasteiger partial charge in [0.1, 0.15) is 5.41 Å². The van der Waals surface area contributed by atoms with Crippen LogP contribution in [0.15, 0.2) is 30.3 Å². The number of rotatable bonds is 6. The fourth-order valence-corrected chi connectivity index (χ4v) is 4.57. The van der Waals surface area contributed by atoms with E-state index in [1.165, 1.54) is 0 Å². The quantitative estimate of drug-likeness (QED) is 0.771. The van der Waals surface area contributed by atoms with Crippen LogP contribution in [0.4, 0.5) is 0 Å². The highest BCUT2D eigenvalue weighted by Crippen LogP contribution is 2.22. The number of benzene rings is 1. The van der Waals surface area contributed by atoms with Gasteiger partial charge in [-0.15, -0.1) is 0 Å². The Bertz CT molecular complexity index is 729. The van der Waals surface area contributed by atoms with Gasteiger partial charge < -0.3 is 10.2 Å². The summed E-state index contributed by atoms with van der Waals surface area (Å²) in [4.78, 5) is 27.1. The highest BCUT2D eigenvalue weighted by Gasteiger charge is 2.41. The molecule has 1 N–H and O–H groups in total. The smallest absolute Gasteiger partial charge is 0.237 e. The highest BCUT2D eigenvalue weighted by atomic mass is 32.2. The molecule has 1 saturated heterocycles. The highest BCUT2D eigenvalue weighted by molar-refractivity contribution is 7.91. The van der Waals surface area contributed by atoms with Crippen LogP contribution in [0, 0.1) is 5.41 Å². The Morgan fingerprint density at radius 3 is 2.40 bits per heavy atom. The van der Waals surface area contributed by atoms with Gasteiger partial charge in [0.25, 0.3) is 0 Å². The minimum Gasteiger partial charge on any atom is -0.351 e. The van der Waals surface area contributed by atoms with E-state index in [9.17, 15) is 18.0 Å². The lowest BCUT2D eigenvalue weighted by atomic mass is 9.89. The molecule has 0 aromatic heterocycles. The second-order valence-electron chi connectivity index (χ2n) is 7.00. The Morgan fingerprint density at radius 1 is 1.24 bits per heavy atom. The molecule has 138 valence electrons. The molecular formula is C18H26N2O4S. The van der Waals surface area contributed by atoms with E-state index in [0.29, 0.717) is 19.5 Å². The molecule has 0 saturated carbocycles. The van der Waals surface area contributed by atoms with Crippen molar-refractivity contribution in [3.8, 4) is 0 Å². The molecule has 25 heavy (non-hydrogen) atoms. The van der Waals surface area contributed by atoms with E-state index in [1.807, 2.05) is 37.3 Å². The molecule has 1 aromatic carbocycles. The molecule has 2 rings (SSSR count). The van der Waals surface area contributed by atoms with E-state index in [4.69, 9.17) is 0 Å². The summed E-state index contributed by atoms with van der Waals surface area (Å²) in [5.41, 5.74) is -0.257. The van der Waals surface area contributed by atoms with Gasteiger partial charge in [-0.05, 0) is 32.8 Å². The predicted molar refractivity (Wildman–Crippen MR) is 96.5 cm³/mol. The van der Waals surface area contributed by atoms with Gasteiger partial charge in [-0.3, -0.25) is 9.59 Å². The number of nitrogens with one attached hydrogen (secondary N) is 1. The van der Waals surface area contributed by atoms with Gasteiger partial charge in [-0.2, -0.15) is 0 Å². The van der Waals surface area contributed by atoms with Crippen molar-refractivity contribution in [3.05, 3.63) is 35.9 Å². The Kier molecular flexibility index (Phi) is 5.87. The van der Waals surface area contributed by atoms with Crippen molar-refractivity contribution >= 4 is 21.7 Å². The number of nitrogens with zero attached hydrogens (tertiary/aromatic N) is 1. The first-order valence-electron chi connectivity index (χ1n) is 8.50.